The van der Waals surface area contributed by atoms with Crippen LogP contribution < -0.4 is 0 Å². The van der Waals surface area contributed by atoms with Gasteiger partial charge >= 0.3 is 0 Å². The van der Waals surface area contributed by atoms with Crippen molar-refractivity contribution in [2.45, 2.75) is 18.7 Å². The molecule has 0 radical (unpaired) electrons. The molecule has 28 heavy (non-hydrogen) atoms. The van der Waals surface area contributed by atoms with E-state index in [1.165, 1.54) is 18.4 Å². The van der Waals surface area contributed by atoms with Crippen LogP contribution in [-0.2, 0) is 9.73 Å². The number of benzene rings is 2. The molecule has 0 aromatic heterocycles. The van der Waals surface area contributed by atoms with Crippen LogP contribution in [0.2, 0.25) is 10.0 Å². The van der Waals surface area contributed by atoms with Crippen molar-refractivity contribution < 1.29 is 13.4 Å². The van der Waals surface area contributed by atoms with Crippen LogP contribution in [0.3, 0.4) is 0 Å². The summed E-state index contributed by atoms with van der Waals surface area (Å²) in [7, 11) is -1.22. The van der Waals surface area contributed by atoms with Crippen molar-refractivity contribution in [1.29, 1.82) is 0 Å². The molecule has 0 aliphatic carbocycles. The van der Waals surface area contributed by atoms with Gasteiger partial charge in [-0.1, -0.05) is 23.2 Å². The third-order valence-corrected chi connectivity index (χ3v) is 6.33. The van der Waals surface area contributed by atoms with E-state index in [-0.39, 0.29) is 10.6 Å². The molecule has 0 aliphatic heterocycles. The van der Waals surface area contributed by atoms with Crippen molar-refractivity contribution in [3.63, 3.8) is 0 Å². The molecule has 0 saturated carbocycles. The number of rotatable bonds is 5. The summed E-state index contributed by atoms with van der Waals surface area (Å²) in [4.78, 5) is 18.9. The van der Waals surface area contributed by atoms with E-state index in [9.17, 15) is 13.4 Å². The van der Waals surface area contributed by atoms with Gasteiger partial charge in [0.2, 0.25) is 0 Å². The van der Waals surface area contributed by atoms with Crippen molar-refractivity contribution in [2.75, 3.05) is 19.8 Å². The summed E-state index contributed by atoms with van der Waals surface area (Å²) >= 11 is 12.0. The zero-order valence-corrected chi connectivity index (χ0v) is 18.2. The minimum Gasteiger partial charge on any atom is -0.366 e. The van der Waals surface area contributed by atoms with Crippen LogP contribution in [0.15, 0.2) is 44.6 Å². The van der Waals surface area contributed by atoms with Gasteiger partial charge in [-0.25, -0.2) is 13.6 Å². The van der Waals surface area contributed by atoms with Gasteiger partial charge in [0.05, 0.1) is 36.7 Å². The predicted octanol–water partition coefficient (Wildman–Crippen LogP) is 5.35. The first kappa shape index (κ1) is 22.3. The molecule has 150 valence electrons. The molecule has 0 N–H and O–H groups in total. The van der Waals surface area contributed by atoms with Gasteiger partial charge in [0.1, 0.15) is 5.82 Å². The van der Waals surface area contributed by atoms with Crippen molar-refractivity contribution >= 4 is 50.9 Å². The summed E-state index contributed by atoms with van der Waals surface area (Å²) in [5.74, 6) is -1.40. The van der Waals surface area contributed by atoms with Crippen LogP contribution in [0.1, 0.15) is 22.8 Å². The van der Waals surface area contributed by atoms with Gasteiger partial charge in [0.25, 0.3) is 5.91 Å². The van der Waals surface area contributed by atoms with Crippen molar-refractivity contribution in [3.05, 3.63) is 57.3 Å². The first-order chi connectivity index (χ1) is 13.0. The Morgan fingerprint density at radius 3 is 2.54 bits per heavy atom. The number of carbonyl (C=O) groups excluding carboxylic acids is 1. The number of halogens is 3. The smallest absolute Gasteiger partial charge is 0.285 e. The molecule has 1 amide bonds. The van der Waals surface area contributed by atoms with E-state index in [0.29, 0.717) is 21.2 Å². The average molecular weight is 444 g/mol. The highest BCUT2D eigenvalue weighted by molar-refractivity contribution is 7.93. The molecule has 0 spiro atoms. The lowest BCUT2D eigenvalue weighted by atomic mass is 10.2. The maximum atomic E-state index is 13.3. The zero-order chi connectivity index (χ0) is 21.1. The Hall–Kier alpha value is -1.96. The lowest BCUT2D eigenvalue weighted by molar-refractivity contribution is 0.100. The normalized spacial score (nSPS) is 13.4. The van der Waals surface area contributed by atoms with Crippen LogP contribution in [0, 0.1) is 12.7 Å². The molecule has 0 heterocycles. The van der Waals surface area contributed by atoms with Crippen molar-refractivity contribution in [2.24, 2.45) is 9.36 Å². The summed E-state index contributed by atoms with van der Waals surface area (Å²) in [5, 5.41) is 0.0885. The monoisotopic (exact) mass is 443 g/mol. The minimum absolute atomic E-state index is 0.0496. The number of hydrogen-bond acceptors (Lipinski definition) is 3. The standard InChI is InChI=1S/C19H20Cl2FN3O2S/c1-5-25(3)11-23-17-8-12(2)18(10-15(17)21)28(4,27)24-19(26)13-6-7-16(22)14(20)9-13/h6-11H,5H2,1-4H3/b23-11+. The van der Waals surface area contributed by atoms with Gasteiger partial charge in [-0.2, -0.15) is 4.36 Å². The Morgan fingerprint density at radius 1 is 1.25 bits per heavy atom. The van der Waals surface area contributed by atoms with E-state index in [4.69, 9.17) is 23.2 Å². The van der Waals surface area contributed by atoms with E-state index >= 15 is 0 Å². The maximum Gasteiger partial charge on any atom is 0.285 e. The first-order valence-corrected chi connectivity index (χ1v) is 11.0. The van der Waals surface area contributed by atoms with Gasteiger partial charge in [0.15, 0.2) is 0 Å². The molecule has 0 aliphatic rings. The van der Waals surface area contributed by atoms with Crippen molar-refractivity contribution in [1.82, 2.24) is 4.90 Å². The fourth-order valence-electron chi connectivity index (χ4n) is 2.29. The summed E-state index contributed by atoms with van der Waals surface area (Å²) in [5.41, 5.74) is 1.21. The summed E-state index contributed by atoms with van der Waals surface area (Å²) in [6.07, 6.45) is 3.00. The van der Waals surface area contributed by atoms with E-state index in [0.717, 1.165) is 18.7 Å². The number of aryl methyl sites for hydroxylation is 1. The number of aliphatic imine (C=N–C) groups is 1. The molecule has 0 fully saturated rings. The van der Waals surface area contributed by atoms with E-state index in [1.807, 2.05) is 18.9 Å². The van der Waals surface area contributed by atoms with Crippen LogP contribution in [-0.4, -0.2) is 41.2 Å². The van der Waals surface area contributed by atoms with E-state index in [2.05, 4.69) is 9.36 Å². The molecule has 5 nitrogen and oxygen atoms in total. The molecule has 2 rings (SSSR count). The Kier molecular flexibility index (Phi) is 7.20. The van der Waals surface area contributed by atoms with Crippen molar-refractivity contribution in [3.8, 4) is 0 Å². The summed E-state index contributed by atoms with van der Waals surface area (Å²) in [6.45, 7) is 4.52. The Labute approximate surface area is 174 Å². The molecular weight excluding hydrogens is 424 g/mol. The lowest BCUT2D eigenvalue weighted by Crippen LogP contribution is -2.14. The quantitative estimate of drug-likeness (QED) is 0.462. The second-order valence-corrected chi connectivity index (χ2v) is 9.26. The largest absolute Gasteiger partial charge is 0.366 e. The van der Waals surface area contributed by atoms with Crippen LogP contribution in [0.25, 0.3) is 0 Å². The van der Waals surface area contributed by atoms with Crippen LogP contribution in [0.5, 0.6) is 0 Å². The molecule has 1 unspecified atom stereocenters. The predicted molar refractivity (Wildman–Crippen MR) is 113 cm³/mol. The highest BCUT2D eigenvalue weighted by Crippen LogP contribution is 2.31. The zero-order valence-electron chi connectivity index (χ0n) is 15.9. The molecule has 1 atom stereocenters. The lowest BCUT2D eigenvalue weighted by Gasteiger charge is -2.12. The van der Waals surface area contributed by atoms with E-state index < -0.39 is 21.5 Å². The van der Waals surface area contributed by atoms with Crippen LogP contribution in [0.4, 0.5) is 10.1 Å². The van der Waals surface area contributed by atoms with Gasteiger partial charge < -0.3 is 4.90 Å². The first-order valence-electron chi connectivity index (χ1n) is 8.31. The SMILES string of the molecule is CCN(C)/C=N/c1cc(C)c(S(C)(=O)=NC(=O)c2ccc(F)c(Cl)c2)cc1Cl. The second kappa shape index (κ2) is 9.03. The Morgan fingerprint density at radius 2 is 1.93 bits per heavy atom. The molecule has 2 aromatic carbocycles. The Bertz CT molecular complexity index is 1060. The molecule has 0 bridgehead atoms. The second-order valence-electron chi connectivity index (χ2n) is 6.21. The fraction of sp³-hybridized carbons (Fsp3) is 0.263. The average Bonchev–Trinajstić information content (AvgIpc) is 2.63. The highest BCUT2D eigenvalue weighted by Gasteiger charge is 2.17. The fourth-order valence-corrected chi connectivity index (χ4v) is 4.26. The number of carbonyl (C=O) groups is 1. The third kappa shape index (κ3) is 5.31. The van der Waals surface area contributed by atoms with Gasteiger partial charge in [-0.3, -0.25) is 4.79 Å². The number of amides is 1. The van der Waals surface area contributed by atoms with Gasteiger partial charge in [-0.15, -0.1) is 0 Å². The number of hydrogen-bond donors (Lipinski definition) is 0. The number of nitrogens with zero attached hydrogens (tertiary/aromatic N) is 3. The van der Waals surface area contributed by atoms with E-state index in [1.54, 1.807) is 19.3 Å². The minimum atomic E-state index is -3.09. The maximum absolute atomic E-state index is 13.3. The molecule has 0 saturated heterocycles. The topological polar surface area (TPSA) is 62.1 Å². The third-order valence-electron chi connectivity index (χ3n) is 3.97. The molecule has 9 heteroatoms. The Balaban J connectivity index is 2.44. The molecule has 2 aromatic rings. The summed E-state index contributed by atoms with van der Waals surface area (Å²) < 4.78 is 30.2. The summed E-state index contributed by atoms with van der Waals surface area (Å²) in [6, 6.07) is 6.65. The molecular formula is C19H20Cl2FN3O2S. The van der Waals surface area contributed by atoms with Gasteiger partial charge in [0, 0.05) is 25.4 Å². The highest BCUT2D eigenvalue weighted by atomic mass is 35.5. The van der Waals surface area contributed by atoms with Gasteiger partial charge in [-0.05, 0) is 49.7 Å². The van der Waals surface area contributed by atoms with Crippen LogP contribution >= 0.6 is 23.2 Å².